The molecule has 0 aliphatic carbocycles. The minimum atomic E-state index is -0.602. The summed E-state index contributed by atoms with van der Waals surface area (Å²) in [5.41, 5.74) is 2.73. The lowest BCUT2D eigenvalue weighted by molar-refractivity contribution is -0.131. The molecule has 0 fully saturated rings. The van der Waals surface area contributed by atoms with Gasteiger partial charge in [-0.3, -0.25) is 4.79 Å². The average molecular weight is 403 g/mol. The zero-order valence-electron chi connectivity index (χ0n) is 14.0. The molecule has 1 heterocycles. The van der Waals surface area contributed by atoms with Gasteiger partial charge in [-0.05, 0) is 36.8 Å². The van der Waals surface area contributed by atoms with Crippen LogP contribution in [0.1, 0.15) is 30.5 Å². The second-order valence-corrected chi connectivity index (χ2v) is 6.77. The van der Waals surface area contributed by atoms with Gasteiger partial charge in [0.15, 0.2) is 0 Å². The standard InChI is InChI=1S/C19H19BrN2O3/c1-12(13-6-8-16(24-2)9-7-13)21-19(23)18-11-17(22-25-18)14-4-3-5-15(20)10-14/h3-10,12,18H,11H2,1-2H3,(H,21,23)/t12-,18-/m0/s1. The Hall–Kier alpha value is -2.34. The van der Waals surface area contributed by atoms with Gasteiger partial charge in [0, 0.05) is 16.5 Å². The smallest absolute Gasteiger partial charge is 0.264 e. The number of carbonyl (C=O) groups is 1. The number of methoxy groups -OCH3 is 1. The normalized spacial score (nSPS) is 17.4. The van der Waals surface area contributed by atoms with Gasteiger partial charge in [-0.15, -0.1) is 0 Å². The van der Waals surface area contributed by atoms with Gasteiger partial charge >= 0.3 is 0 Å². The summed E-state index contributed by atoms with van der Waals surface area (Å²) >= 11 is 3.44. The van der Waals surface area contributed by atoms with E-state index in [0.29, 0.717) is 6.42 Å². The molecule has 130 valence electrons. The Kier molecular flexibility index (Phi) is 5.38. The van der Waals surface area contributed by atoms with E-state index < -0.39 is 6.10 Å². The number of oxime groups is 1. The number of hydrogen-bond acceptors (Lipinski definition) is 4. The summed E-state index contributed by atoms with van der Waals surface area (Å²) in [5, 5.41) is 7.04. The van der Waals surface area contributed by atoms with Crippen LogP contribution in [0.2, 0.25) is 0 Å². The van der Waals surface area contributed by atoms with Gasteiger partial charge in [-0.2, -0.15) is 0 Å². The predicted molar refractivity (Wildman–Crippen MR) is 99.7 cm³/mol. The van der Waals surface area contributed by atoms with Crippen LogP contribution in [-0.4, -0.2) is 24.8 Å². The molecule has 2 atom stereocenters. The van der Waals surface area contributed by atoms with E-state index in [1.165, 1.54) is 0 Å². The molecule has 0 aromatic heterocycles. The Labute approximate surface area is 155 Å². The molecule has 1 amide bonds. The molecule has 0 spiro atoms. The number of rotatable bonds is 5. The molecule has 1 N–H and O–H groups in total. The number of carbonyl (C=O) groups excluding carboxylic acids is 1. The molecule has 1 aliphatic rings. The van der Waals surface area contributed by atoms with Crippen LogP contribution < -0.4 is 10.1 Å². The van der Waals surface area contributed by atoms with Crippen LogP contribution in [0, 0.1) is 0 Å². The quantitative estimate of drug-likeness (QED) is 0.826. The monoisotopic (exact) mass is 402 g/mol. The lowest BCUT2D eigenvalue weighted by Gasteiger charge is -2.16. The molecule has 2 aromatic carbocycles. The third-order valence-electron chi connectivity index (χ3n) is 4.09. The lowest BCUT2D eigenvalue weighted by Crippen LogP contribution is -2.36. The number of benzene rings is 2. The molecule has 6 heteroatoms. The maximum absolute atomic E-state index is 12.5. The second kappa shape index (κ2) is 7.70. The number of halogens is 1. The summed E-state index contributed by atoms with van der Waals surface area (Å²) in [6, 6.07) is 15.3. The molecular formula is C19H19BrN2O3. The third kappa shape index (κ3) is 4.20. The highest BCUT2D eigenvalue weighted by atomic mass is 79.9. The first-order valence-corrected chi connectivity index (χ1v) is 8.79. The molecule has 3 rings (SSSR count). The molecular weight excluding hydrogens is 384 g/mol. The summed E-state index contributed by atoms with van der Waals surface area (Å²) < 4.78 is 6.11. The molecule has 0 radical (unpaired) electrons. The van der Waals surface area contributed by atoms with Crippen molar-refractivity contribution in [3.63, 3.8) is 0 Å². The van der Waals surface area contributed by atoms with Gasteiger partial charge in [-0.1, -0.05) is 45.4 Å². The Morgan fingerprint density at radius 2 is 2.08 bits per heavy atom. The number of nitrogens with zero attached hydrogens (tertiary/aromatic N) is 1. The van der Waals surface area contributed by atoms with Crippen molar-refractivity contribution >= 4 is 27.5 Å². The highest BCUT2D eigenvalue weighted by Crippen LogP contribution is 2.21. The Bertz CT molecular complexity index is 790. The van der Waals surface area contributed by atoms with Crippen molar-refractivity contribution in [2.45, 2.75) is 25.5 Å². The van der Waals surface area contributed by atoms with Crippen molar-refractivity contribution in [1.29, 1.82) is 0 Å². The largest absolute Gasteiger partial charge is 0.497 e. The van der Waals surface area contributed by atoms with Gasteiger partial charge in [0.25, 0.3) is 5.91 Å². The Morgan fingerprint density at radius 1 is 1.32 bits per heavy atom. The van der Waals surface area contributed by atoms with Gasteiger partial charge < -0.3 is 14.9 Å². The minimum Gasteiger partial charge on any atom is -0.497 e. The number of amides is 1. The number of nitrogens with one attached hydrogen (secondary N) is 1. The minimum absolute atomic E-state index is 0.128. The van der Waals surface area contributed by atoms with Crippen molar-refractivity contribution < 1.29 is 14.4 Å². The summed E-state index contributed by atoms with van der Waals surface area (Å²) in [6.45, 7) is 1.94. The first-order valence-electron chi connectivity index (χ1n) is 8.00. The van der Waals surface area contributed by atoms with Crippen molar-refractivity contribution in [1.82, 2.24) is 5.32 Å². The Balaban J connectivity index is 1.59. The van der Waals surface area contributed by atoms with E-state index in [4.69, 9.17) is 9.57 Å². The van der Waals surface area contributed by atoms with E-state index in [1.54, 1.807) is 7.11 Å². The van der Waals surface area contributed by atoms with E-state index in [-0.39, 0.29) is 11.9 Å². The van der Waals surface area contributed by atoms with E-state index >= 15 is 0 Å². The van der Waals surface area contributed by atoms with Crippen molar-refractivity contribution in [2.75, 3.05) is 7.11 Å². The first-order chi connectivity index (χ1) is 12.1. The van der Waals surface area contributed by atoms with Crippen LogP contribution in [-0.2, 0) is 9.63 Å². The maximum atomic E-state index is 12.5. The molecule has 2 aromatic rings. The Morgan fingerprint density at radius 3 is 2.76 bits per heavy atom. The van der Waals surface area contributed by atoms with Crippen LogP contribution in [0.4, 0.5) is 0 Å². The summed E-state index contributed by atoms with van der Waals surface area (Å²) in [6.07, 6.45) is -0.146. The SMILES string of the molecule is COc1ccc([C@H](C)NC(=O)[C@@H]2CC(c3cccc(Br)c3)=NO2)cc1. The topological polar surface area (TPSA) is 59.9 Å². The van der Waals surface area contributed by atoms with Gasteiger partial charge in [-0.25, -0.2) is 0 Å². The van der Waals surface area contributed by atoms with Gasteiger partial charge in [0.1, 0.15) is 5.75 Å². The van der Waals surface area contributed by atoms with Crippen LogP contribution in [0.5, 0.6) is 5.75 Å². The van der Waals surface area contributed by atoms with Crippen LogP contribution in [0.3, 0.4) is 0 Å². The highest BCUT2D eigenvalue weighted by Gasteiger charge is 2.29. The van der Waals surface area contributed by atoms with Crippen LogP contribution >= 0.6 is 15.9 Å². The predicted octanol–water partition coefficient (Wildman–Crippen LogP) is 3.83. The van der Waals surface area contributed by atoms with E-state index in [0.717, 1.165) is 27.1 Å². The average Bonchev–Trinajstić information content (AvgIpc) is 3.12. The van der Waals surface area contributed by atoms with E-state index in [1.807, 2.05) is 55.5 Å². The molecule has 0 bridgehead atoms. The zero-order valence-corrected chi connectivity index (χ0v) is 15.6. The molecule has 5 nitrogen and oxygen atoms in total. The maximum Gasteiger partial charge on any atom is 0.264 e. The molecule has 0 saturated heterocycles. The van der Waals surface area contributed by atoms with Crippen molar-refractivity contribution in [2.24, 2.45) is 5.16 Å². The highest BCUT2D eigenvalue weighted by molar-refractivity contribution is 9.10. The zero-order chi connectivity index (χ0) is 17.8. The van der Waals surface area contributed by atoms with Crippen molar-refractivity contribution in [3.05, 3.63) is 64.1 Å². The van der Waals surface area contributed by atoms with Gasteiger partial charge in [0.2, 0.25) is 6.10 Å². The lowest BCUT2D eigenvalue weighted by atomic mass is 10.0. The summed E-state index contributed by atoms with van der Waals surface area (Å²) in [4.78, 5) is 17.8. The van der Waals surface area contributed by atoms with Crippen LogP contribution in [0.15, 0.2) is 58.2 Å². The fourth-order valence-electron chi connectivity index (χ4n) is 2.64. The molecule has 0 saturated carbocycles. The molecule has 25 heavy (non-hydrogen) atoms. The van der Waals surface area contributed by atoms with Crippen molar-refractivity contribution in [3.8, 4) is 5.75 Å². The second-order valence-electron chi connectivity index (χ2n) is 5.85. The fraction of sp³-hybridized carbons (Fsp3) is 0.263. The fourth-order valence-corrected chi connectivity index (χ4v) is 3.04. The van der Waals surface area contributed by atoms with Gasteiger partial charge in [0.05, 0.1) is 18.9 Å². The first kappa shape index (κ1) is 17.5. The van der Waals surface area contributed by atoms with E-state index in [9.17, 15) is 4.79 Å². The van der Waals surface area contributed by atoms with E-state index in [2.05, 4.69) is 26.4 Å². The summed E-state index contributed by atoms with van der Waals surface area (Å²) in [7, 11) is 1.63. The van der Waals surface area contributed by atoms with Crippen LogP contribution in [0.25, 0.3) is 0 Å². The summed E-state index contributed by atoms with van der Waals surface area (Å²) in [5.74, 6) is 0.616. The molecule has 0 unspecified atom stereocenters. The number of ether oxygens (including phenoxy) is 1. The third-order valence-corrected chi connectivity index (χ3v) is 4.59. The molecule has 1 aliphatic heterocycles. The number of hydrogen-bond donors (Lipinski definition) is 1.